The Balaban J connectivity index is 2.78. The van der Waals surface area contributed by atoms with Gasteiger partial charge in [0.2, 0.25) is 0 Å². The second-order valence-corrected chi connectivity index (χ2v) is 3.79. The molecule has 0 aliphatic rings. The standard InChI is InChI=1S/C13H20O2/c1-4-8-15-11-6-7-12(10(3)9-11)13(14)5-2/h6-7,9,13-14H,4-5,8H2,1-3H3. The van der Waals surface area contributed by atoms with Crippen molar-refractivity contribution in [3.05, 3.63) is 29.3 Å². The summed E-state index contributed by atoms with van der Waals surface area (Å²) in [7, 11) is 0. The van der Waals surface area contributed by atoms with Crippen LogP contribution in [0.5, 0.6) is 5.75 Å². The molecule has 0 aliphatic carbocycles. The van der Waals surface area contributed by atoms with E-state index in [1.807, 2.05) is 32.0 Å². The number of rotatable bonds is 5. The topological polar surface area (TPSA) is 29.5 Å². The molecule has 0 bridgehead atoms. The van der Waals surface area contributed by atoms with Gasteiger partial charge in [-0.1, -0.05) is 19.9 Å². The number of aryl methyl sites for hydroxylation is 1. The van der Waals surface area contributed by atoms with Gasteiger partial charge >= 0.3 is 0 Å². The van der Waals surface area contributed by atoms with Crippen LogP contribution in [0, 0.1) is 6.92 Å². The van der Waals surface area contributed by atoms with Crippen LogP contribution < -0.4 is 4.74 Å². The predicted molar refractivity (Wildman–Crippen MR) is 62.2 cm³/mol. The Labute approximate surface area is 91.9 Å². The van der Waals surface area contributed by atoms with E-state index in [1.165, 1.54) is 0 Å². The Morgan fingerprint density at radius 2 is 2.07 bits per heavy atom. The highest BCUT2D eigenvalue weighted by Gasteiger charge is 2.08. The van der Waals surface area contributed by atoms with Gasteiger partial charge < -0.3 is 9.84 Å². The van der Waals surface area contributed by atoms with E-state index < -0.39 is 0 Å². The highest BCUT2D eigenvalue weighted by atomic mass is 16.5. The number of aliphatic hydroxyl groups excluding tert-OH is 1. The van der Waals surface area contributed by atoms with E-state index in [0.717, 1.165) is 36.3 Å². The minimum absolute atomic E-state index is 0.356. The van der Waals surface area contributed by atoms with Crippen LogP contribution in [0.25, 0.3) is 0 Å². The van der Waals surface area contributed by atoms with Crippen molar-refractivity contribution in [2.75, 3.05) is 6.61 Å². The van der Waals surface area contributed by atoms with Gasteiger partial charge in [0.1, 0.15) is 5.75 Å². The first kappa shape index (κ1) is 12.1. The van der Waals surface area contributed by atoms with Crippen LogP contribution >= 0.6 is 0 Å². The molecule has 0 saturated carbocycles. The van der Waals surface area contributed by atoms with Gasteiger partial charge in [0.05, 0.1) is 12.7 Å². The number of hydrogen-bond donors (Lipinski definition) is 1. The van der Waals surface area contributed by atoms with E-state index in [-0.39, 0.29) is 6.10 Å². The molecular formula is C13H20O2. The summed E-state index contributed by atoms with van der Waals surface area (Å²) in [5, 5.41) is 9.74. The van der Waals surface area contributed by atoms with Crippen molar-refractivity contribution in [1.82, 2.24) is 0 Å². The Morgan fingerprint density at radius 3 is 2.60 bits per heavy atom. The van der Waals surface area contributed by atoms with Crippen molar-refractivity contribution in [1.29, 1.82) is 0 Å². The molecule has 1 atom stereocenters. The van der Waals surface area contributed by atoms with E-state index in [2.05, 4.69) is 6.92 Å². The largest absolute Gasteiger partial charge is 0.494 e. The Bertz CT molecular complexity index is 307. The molecular weight excluding hydrogens is 188 g/mol. The number of benzene rings is 1. The monoisotopic (exact) mass is 208 g/mol. The van der Waals surface area contributed by atoms with E-state index >= 15 is 0 Å². The van der Waals surface area contributed by atoms with Crippen LogP contribution in [0.1, 0.15) is 43.9 Å². The molecule has 0 saturated heterocycles. The number of ether oxygens (including phenoxy) is 1. The Morgan fingerprint density at radius 1 is 1.33 bits per heavy atom. The fourth-order valence-corrected chi connectivity index (χ4v) is 1.55. The maximum atomic E-state index is 9.74. The molecule has 84 valence electrons. The first-order valence-electron chi connectivity index (χ1n) is 5.60. The average Bonchev–Trinajstić information content (AvgIpc) is 2.25. The maximum absolute atomic E-state index is 9.74. The highest BCUT2D eigenvalue weighted by molar-refractivity contribution is 5.36. The number of aliphatic hydroxyl groups is 1. The third kappa shape index (κ3) is 3.24. The summed E-state index contributed by atoms with van der Waals surface area (Å²) >= 11 is 0. The molecule has 0 heterocycles. The van der Waals surface area contributed by atoms with Gasteiger partial charge in [0.25, 0.3) is 0 Å². The molecule has 1 aromatic carbocycles. The van der Waals surface area contributed by atoms with Crippen molar-refractivity contribution >= 4 is 0 Å². The smallest absolute Gasteiger partial charge is 0.119 e. The zero-order valence-corrected chi connectivity index (χ0v) is 9.79. The van der Waals surface area contributed by atoms with Gasteiger partial charge in [-0.05, 0) is 43.0 Å². The molecule has 1 N–H and O–H groups in total. The fraction of sp³-hybridized carbons (Fsp3) is 0.538. The first-order valence-corrected chi connectivity index (χ1v) is 5.60. The zero-order valence-electron chi connectivity index (χ0n) is 9.79. The quantitative estimate of drug-likeness (QED) is 0.805. The van der Waals surface area contributed by atoms with Crippen molar-refractivity contribution in [3.8, 4) is 5.75 Å². The second kappa shape index (κ2) is 5.76. The van der Waals surface area contributed by atoms with Crippen LogP contribution in [0.3, 0.4) is 0 Å². The molecule has 0 fully saturated rings. The van der Waals surface area contributed by atoms with Crippen LogP contribution in [0.4, 0.5) is 0 Å². The molecule has 0 amide bonds. The minimum Gasteiger partial charge on any atom is -0.494 e. The minimum atomic E-state index is -0.356. The van der Waals surface area contributed by atoms with Gasteiger partial charge in [-0.25, -0.2) is 0 Å². The van der Waals surface area contributed by atoms with Gasteiger partial charge in [0.15, 0.2) is 0 Å². The van der Waals surface area contributed by atoms with Crippen LogP contribution in [0.15, 0.2) is 18.2 Å². The maximum Gasteiger partial charge on any atom is 0.119 e. The van der Waals surface area contributed by atoms with Crippen LogP contribution in [-0.4, -0.2) is 11.7 Å². The molecule has 1 rings (SSSR count). The second-order valence-electron chi connectivity index (χ2n) is 3.79. The molecule has 1 unspecified atom stereocenters. The highest BCUT2D eigenvalue weighted by Crippen LogP contribution is 2.24. The summed E-state index contributed by atoms with van der Waals surface area (Å²) in [5.41, 5.74) is 2.10. The average molecular weight is 208 g/mol. The fourth-order valence-electron chi connectivity index (χ4n) is 1.55. The van der Waals surface area contributed by atoms with E-state index in [1.54, 1.807) is 0 Å². The lowest BCUT2D eigenvalue weighted by Gasteiger charge is -2.13. The summed E-state index contributed by atoms with van der Waals surface area (Å²) < 4.78 is 5.52. The molecule has 0 aliphatic heterocycles. The molecule has 0 spiro atoms. The first-order chi connectivity index (χ1) is 7.19. The lowest BCUT2D eigenvalue weighted by atomic mass is 10.0. The van der Waals surface area contributed by atoms with E-state index in [4.69, 9.17) is 4.74 Å². The molecule has 0 radical (unpaired) electrons. The molecule has 0 aromatic heterocycles. The van der Waals surface area contributed by atoms with Crippen molar-refractivity contribution in [2.45, 2.75) is 39.7 Å². The zero-order chi connectivity index (χ0) is 11.3. The Hall–Kier alpha value is -1.02. The van der Waals surface area contributed by atoms with Gasteiger partial charge in [-0.3, -0.25) is 0 Å². The van der Waals surface area contributed by atoms with Gasteiger partial charge in [-0.15, -0.1) is 0 Å². The molecule has 15 heavy (non-hydrogen) atoms. The van der Waals surface area contributed by atoms with Gasteiger partial charge in [-0.2, -0.15) is 0 Å². The van der Waals surface area contributed by atoms with Crippen molar-refractivity contribution < 1.29 is 9.84 Å². The van der Waals surface area contributed by atoms with Crippen LogP contribution in [-0.2, 0) is 0 Å². The third-order valence-corrected chi connectivity index (χ3v) is 2.46. The predicted octanol–water partition coefficient (Wildman–Crippen LogP) is 3.23. The molecule has 1 aromatic rings. The summed E-state index contributed by atoms with van der Waals surface area (Å²) in [4.78, 5) is 0. The lowest BCUT2D eigenvalue weighted by Crippen LogP contribution is -2.00. The summed E-state index contributed by atoms with van der Waals surface area (Å²) in [6.45, 7) is 6.82. The summed E-state index contributed by atoms with van der Waals surface area (Å²) in [5.74, 6) is 0.890. The normalized spacial score (nSPS) is 12.5. The molecule has 2 nitrogen and oxygen atoms in total. The Kier molecular flexibility index (Phi) is 4.63. The van der Waals surface area contributed by atoms with Crippen molar-refractivity contribution in [3.63, 3.8) is 0 Å². The van der Waals surface area contributed by atoms with E-state index in [0.29, 0.717) is 0 Å². The van der Waals surface area contributed by atoms with Crippen LogP contribution in [0.2, 0.25) is 0 Å². The molecule has 2 heteroatoms. The summed E-state index contributed by atoms with van der Waals surface area (Å²) in [6.07, 6.45) is 1.40. The van der Waals surface area contributed by atoms with Crippen molar-refractivity contribution in [2.24, 2.45) is 0 Å². The summed E-state index contributed by atoms with van der Waals surface area (Å²) in [6, 6.07) is 5.87. The SMILES string of the molecule is CCCOc1ccc(C(O)CC)c(C)c1. The van der Waals surface area contributed by atoms with E-state index in [9.17, 15) is 5.11 Å². The number of hydrogen-bond acceptors (Lipinski definition) is 2. The third-order valence-electron chi connectivity index (χ3n) is 2.46. The van der Waals surface area contributed by atoms with Gasteiger partial charge in [0, 0.05) is 0 Å². The lowest BCUT2D eigenvalue weighted by molar-refractivity contribution is 0.173.